The monoisotopic (exact) mass is 311 g/mol. The minimum atomic E-state index is -0.298. The van der Waals surface area contributed by atoms with Crippen LogP contribution in [-0.4, -0.2) is 29.0 Å². The topological polar surface area (TPSA) is 39.1 Å². The van der Waals surface area contributed by atoms with Crippen molar-refractivity contribution in [2.75, 3.05) is 13.1 Å². The van der Waals surface area contributed by atoms with Gasteiger partial charge in [-0.3, -0.25) is 0 Å². The van der Waals surface area contributed by atoms with Crippen molar-refractivity contribution in [2.45, 2.75) is 18.9 Å². The summed E-state index contributed by atoms with van der Waals surface area (Å²) in [4.78, 5) is 0. The zero-order valence-corrected chi connectivity index (χ0v) is 12.7. The molecule has 1 saturated heterocycles. The van der Waals surface area contributed by atoms with Crippen LogP contribution in [0.2, 0.25) is 0 Å². The molecule has 0 amide bonds. The zero-order chi connectivity index (χ0) is 15.6. The average Bonchev–Trinajstić information content (AvgIpc) is 2.96. The molecule has 0 saturated carbocycles. The van der Waals surface area contributed by atoms with Crippen LogP contribution in [0.1, 0.15) is 12.8 Å². The fraction of sp³-hybridized carbons (Fsp3) is 0.278. The number of benzene rings is 2. The van der Waals surface area contributed by atoms with Gasteiger partial charge >= 0.3 is 0 Å². The summed E-state index contributed by atoms with van der Waals surface area (Å²) in [6.07, 6.45) is 1.90. The van der Waals surface area contributed by atoms with Gasteiger partial charge < -0.3 is 10.1 Å². The van der Waals surface area contributed by atoms with E-state index in [2.05, 4.69) is 10.4 Å². The molecule has 0 spiro atoms. The number of nitrogens with zero attached hydrogens (tertiary/aromatic N) is 2. The summed E-state index contributed by atoms with van der Waals surface area (Å²) in [7, 11) is 0. The summed E-state index contributed by atoms with van der Waals surface area (Å²) in [5.74, 6) is 0.0856. The number of piperidine rings is 1. The Kier molecular flexibility index (Phi) is 3.71. The van der Waals surface area contributed by atoms with Gasteiger partial charge in [-0.2, -0.15) is 0 Å². The third-order valence-electron chi connectivity index (χ3n) is 4.19. The molecule has 0 unspecified atom stereocenters. The molecule has 2 aromatic carbocycles. The van der Waals surface area contributed by atoms with E-state index in [4.69, 9.17) is 4.74 Å². The van der Waals surface area contributed by atoms with Crippen LogP contribution < -0.4 is 10.1 Å². The predicted octanol–water partition coefficient (Wildman–Crippen LogP) is 3.30. The van der Waals surface area contributed by atoms with Crippen molar-refractivity contribution in [3.05, 3.63) is 54.3 Å². The minimum absolute atomic E-state index is 0.0816. The van der Waals surface area contributed by atoms with Gasteiger partial charge in [-0.25, -0.2) is 9.07 Å². The van der Waals surface area contributed by atoms with E-state index >= 15 is 0 Å². The highest BCUT2D eigenvalue weighted by molar-refractivity contribution is 5.86. The lowest BCUT2D eigenvalue weighted by molar-refractivity contribution is 0.157. The Labute approximate surface area is 133 Å². The van der Waals surface area contributed by atoms with Crippen LogP contribution in [0.4, 0.5) is 4.39 Å². The summed E-state index contributed by atoms with van der Waals surface area (Å²) in [6, 6.07) is 14.7. The van der Waals surface area contributed by atoms with Crippen LogP contribution in [0, 0.1) is 5.82 Å². The number of ether oxygens (including phenoxy) is 1. The Bertz CT molecular complexity index is 810. The quantitative estimate of drug-likeness (QED) is 0.807. The first-order valence-electron chi connectivity index (χ1n) is 7.93. The minimum Gasteiger partial charge on any atom is -0.473 e. The Morgan fingerprint density at radius 3 is 2.61 bits per heavy atom. The Balaban J connectivity index is 1.81. The van der Waals surface area contributed by atoms with Crippen LogP contribution in [0.25, 0.3) is 16.6 Å². The molecule has 3 aromatic rings. The lowest BCUT2D eigenvalue weighted by atomic mass is 10.1. The molecule has 2 heterocycles. The summed E-state index contributed by atoms with van der Waals surface area (Å²) >= 11 is 0. The molecule has 5 heteroatoms. The van der Waals surface area contributed by atoms with Gasteiger partial charge in [0, 0.05) is 0 Å². The molecular formula is C18H18FN3O. The van der Waals surface area contributed by atoms with Crippen LogP contribution in [0.5, 0.6) is 5.88 Å². The fourth-order valence-corrected chi connectivity index (χ4v) is 3.02. The number of rotatable bonds is 3. The maximum Gasteiger partial charge on any atom is 0.244 e. The first-order valence-corrected chi connectivity index (χ1v) is 7.93. The molecule has 0 aliphatic carbocycles. The number of halogens is 1. The third-order valence-corrected chi connectivity index (χ3v) is 4.19. The van der Waals surface area contributed by atoms with Gasteiger partial charge in [0.2, 0.25) is 5.88 Å². The number of hydrogen-bond acceptors (Lipinski definition) is 3. The average molecular weight is 311 g/mol. The molecule has 118 valence electrons. The van der Waals surface area contributed by atoms with Crippen LogP contribution >= 0.6 is 0 Å². The Hall–Kier alpha value is -2.40. The predicted molar refractivity (Wildman–Crippen MR) is 87.5 cm³/mol. The van der Waals surface area contributed by atoms with E-state index in [1.165, 1.54) is 6.07 Å². The van der Waals surface area contributed by atoms with Crippen molar-refractivity contribution in [1.82, 2.24) is 15.1 Å². The SMILES string of the molecule is Fc1cccc2c1c(OC1CCNCC1)nn2-c1ccccc1. The van der Waals surface area contributed by atoms with Crippen LogP contribution in [-0.2, 0) is 0 Å². The van der Waals surface area contributed by atoms with E-state index in [-0.39, 0.29) is 11.9 Å². The van der Waals surface area contributed by atoms with E-state index in [9.17, 15) is 4.39 Å². The molecule has 1 aliphatic rings. The van der Waals surface area contributed by atoms with Gasteiger partial charge in [0.1, 0.15) is 11.9 Å². The molecule has 1 aliphatic heterocycles. The van der Waals surface area contributed by atoms with Crippen LogP contribution in [0.3, 0.4) is 0 Å². The second-order valence-corrected chi connectivity index (χ2v) is 5.75. The number of hydrogen-bond donors (Lipinski definition) is 1. The first kappa shape index (κ1) is 14.2. The second-order valence-electron chi connectivity index (χ2n) is 5.75. The molecular weight excluding hydrogens is 293 g/mol. The van der Waals surface area contributed by atoms with Crippen molar-refractivity contribution in [2.24, 2.45) is 0 Å². The molecule has 0 atom stereocenters. The van der Waals surface area contributed by atoms with Gasteiger partial charge in [-0.1, -0.05) is 24.3 Å². The van der Waals surface area contributed by atoms with Gasteiger partial charge in [-0.15, -0.1) is 5.10 Å². The molecule has 0 bridgehead atoms. The molecule has 23 heavy (non-hydrogen) atoms. The molecule has 4 nitrogen and oxygen atoms in total. The van der Waals surface area contributed by atoms with Gasteiger partial charge in [0.15, 0.2) is 0 Å². The Morgan fingerprint density at radius 2 is 1.83 bits per heavy atom. The van der Waals surface area contributed by atoms with E-state index in [1.807, 2.05) is 36.4 Å². The van der Waals surface area contributed by atoms with E-state index in [0.29, 0.717) is 11.3 Å². The summed E-state index contributed by atoms with van der Waals surface area (Å²) in [5.41, 5.74) is 1.61. The Morgan fingerprint density at radius 1 is 1.04 bits per heavy atom. The number of fused-ring (bicyclic) bond motifs is 1. The maximum absolute atomic E-state index is 14.4. The summed E-state index contributed by atoms with van der Waals surface area (Å²) in [6.45, 7) is 1.84. The van der Waals surface area contributed by atoms with E-state index in [1.54, 1.807) is 10.7 Å². The van der Waals surface area contributed by atoms with Crippen molar-refractivity contribution in [1.29, 1.82) is 0 Å². The van der Waals surface area contributed by atoms with Gasteiger partial charge in [-0.05, 0) is 50.2 Å². The molecule has 0 radical (unpaired) electrons. The molecule has 1 aromatic heterocycles. The summed E-state index contributed by atoms with van der Waals surface area (Å²) < 4.78 is 22.2. The van der Waals surface area contributed by atoms with Crippen molar-refractivity contribution >= 4 is 10.9 Å². The maximum atomic E-state index is 14.4. The highest BCUT2D eigenvalue weighted by Gasteiger charge is 2.21. The van der Waals surface area contributed by atoms with Crippen molar-refractivity contribution in [3.8, 4) is 11.6 Å². The molecule has 1 N–H and O–H groups in total. The lowest BCUT2D eigenvalue weighted by Crippen LogP contribution is -2.34. The van der Waals surface area contributed by atoms with Crippen molar-refractivity contribution < 1.29 is 9.13 Å². The zero-order valence-electron chi connectivity index (χ0n) is 12.7. The van der Waals surface area contributed by atoms with Crippen molar-refractivity contribution in [3.63, 3.8) is 0 Å². The second kappa shape index (κ2) is 6.01. The van der Waals surface area contributed by atoms with Crippen LogP contribution in [0.15, 0.2) is 48.5 Å². The van der Waals surface area contributed by atoms with Gasteiger partial charge in [0.25, 0.3) is 0 Å². The molecule has 1 fully saturated rings. The highest BCUT2D eigenvalue weighted by Crippen LogP contribution is 2.31. The lowest BCUT2D eigenvalue weighted by Gasteiger charge is -2.22. The standard InChI is InChI=1S/C18H18FN3O/c19-15-7-4-8-16-17(15)18(23-14-9-11-20-12-10-14)21-22(16)13-5-2-1-3-6-13/h1-8,14,20H,9-12H2. The van der Waals surface area contributed by atoms with E-state index < -0.39 is 0 Å². The normalized spacial score (nSPS) is 15.9. The highest BCUT2D eigenvalue weighted by atomic mass is 19.1. The summed E-state index contributed by atoms with van der Waals surface area (Å²) in [5, 5.41) is 8.30. The van der Waals surface area contributed by atoms with E-state index in [0.717, 1.165) is 37.1 Å². The number of para-hydroxylation sites is 1. The third kappa shape index (κ3) is 2.68. The fourth-order valence-electron chi connectivity index (χ4n) is 3.02. The van der Waals surface area contributed by atoms with Gasteiger partial charge in [0.05, 0.1) is 16.6 Å². The molecule has 4 rings (SSSR count). The number of nitrogens with one attached hydrogen (secondary N) is 1. The number of aromatic nitrogens is 2. The first-order chi connectivity index (χ1) is 11.3. The largest absolute Gasteiger partial charge is 0.473 e. The smallest absolute Gasteiger partial charge is 0.244 e.